The molecule has 4 nitrogen and oxygen atoms in total. The molecule has 1 aliphatic rings. The summed E-state index contributed by atoms with van der Waals surface area (Å²) in [4.78, 5) is 4.57. The minimum absolute atomic E-state index is 0.842. The number of benzene rings is 9. The Morgan fingerprint density at radius 3 is 1.72 bits per heavy atom. The van der Waals surface area contributed by atoms with Crippen molar-refractivity contribution in [3.8, 4) is 22.6 Å². The van der Waals surface area contributed by atoms with Gasteiger partial charge in [-0.25, -0.2) is 0 Å². The second-order valence-corrected chi connectivity index (χ2v) is 13.7. The predicted molar refractivity (Wildman–Crippen MR) is 224 cm³/mol. The largest absolute Gasteiger partial charge is 0.456 e. The average Bonchev–Trinajstić information content (AvgIpc) is 3.62. The molecule has 0 unspecified atom stereocenters. The molecule has 1 aromatic heterocycles. The van der Waals surface area contributed by atoms with Gasteiger partial charge in [-0.05, 0) is 107 Å². The molecular weight excluding hydrogens is 661 g/mol. The summed E-state index contributed by atoms with van der Waals surface area (Å²) in [6, 6.07) is 68.2. The number of furan rings is 1. The van der Waals surface area contributed by atoms with E-state index in [9.17, 15) is 0 Å². The maximum atomic E-state index is 6.80. The topological polar surface area (TPSA) is 28.9 Å². The number of hydrogen-bond acceptors (Lipinski definition) is 4. The van der Waals surface area contributed by atoms with Crippen LogP contribution in [-0.2, 0) is 0 Å². The van der Waals surface area contributed by atoms with Crippen LogP contribution in [0.1, 0.15) is 0 Å². The second kappa shape index (κ2) is 12.1. The van der Waals surface area contributed by atoms with Gasteiger partial charge in [0.25, 0.3) is 0 Å². The van der Waals surface area contributed by atoms with Crippen molar-refractivity contribution >= 4 is 77.6 Å². The third-order valence-corrected chi connectivity index (χ3v) is 10.6. The van der Waals surface area contributed by atoms with Crippen molar-refractivity contribution in [3.63, 3.8) is 0 Å². The van der Waals surface area contributed by atoms with E-state index in [4.69, 9.17) is 9.15 Å². The summed E-state index contributed by atoms with van der Waals surface area (Å²) in [7, 11) is 0. The Morgan fingerprint density at radius 2 is 0.963 bits per heavy atom. The predicted octanol–water partition coefficient (Wildman–Crippen LogP) is 14.6. The number of ether oxygens (including phenoxy) is 1. The summed E-state index contributed by atoms with van der Waals surface area (Å²) in [5.41, 5.74) is 10.3. The minimum Gasteiger partial charge on any atom is -0.456 e. The van der Waals surface area contributed by atoms with E-state index in [0.29, 0.717) is 0 Å². The molecule has 0 saturated carbocycles. The van der Waals surface area contributed by atoms with Gasteiger partial charge in [-0.1, -0.05) is 103 Å². The zero-order valence-corrected chi connectivity index (χ0v) is 29.2. The second-order valence-electron chi connectivity index (χ2n) is 13.7. The van der Waals surface area contributed by atoms with Crippen LogP contribution in [0.4, 0.5) is 34.1 Å². The highest BCUT2D eigenvalue weighted by atomic mass is 16.5. The first-order chi connectivity index (χ1) is 26.8. The molecule has 0 saturated heterocycles. The van der Waals surface area contributed by atoms with Crippen LogP contribution >= 0.6 is 0 Å². The van der Waals surface area contributed by atoms with Gasteiger partial charge in [0, 0.05) is 56.2 Å². The van der Waals surface area contributed by atoms with Crippen LogP contribution in [0.25, 0.3) is 54.6 Å². The van der Waals surface area contributed by atoms with Gasteiger partial charge in [0.1, 0.15) is 17.1 Å². The third-order valence-electron chi connectivity index (χ3n) is 10.6. The lowest BCUT2D eigenvalue weighted by molar-refractivity contribution is 0.487. The molecule has 0 amide bonds. The summed E-state index contributed by atoms with van der Waals surface area (Å²) >= 11 is 0. The standard InChI is InChI=1S/C50H32N2O2/c1-4-14-34(15-5-1)51(35-16-6-2-7-17-35)38-28-29-40-44-30-33-26-27-37(31-43(33)41-21-13-25-47(49(41)44)53-48(40)32-38)52(36-18-8-3-9-19-36)45-23-12-22-42-39-20-10-11-24-46(39)54-50(42)45/h1-32H. The van der Waals surface area contributed by atoms with E-state index in [1.165, 1.54) is 10.9 Å². The lowest BCUT2D eigenvalue weighted by atomic mass is 9.90. The zero-order valence-electron chi connectivity index (χ0n) is 29.2. The number of hydrogen-bond donors (Lipinski definition) is 0. The van der Waals surface area contributed by atoms with Gasteiger partial charge < -0.3 is 19.0 Å². The molecule has 1 aliphatic heterocycles. The molecule has 4 heteroatoms. The first-order valence-electron chi connectivity index (χ1n) is 18.3. The SMILES string of the molecule is c1ccc(N(c2ccccc2)c2ccc3c(c2)Oc2cccc4c2c-3cc2ccc(N(c3ccccc3)c3cccc5c3oc3ccccc35)cc24)cc1. The van der Waals surface area contributed by atoms with Gasteiger partial charge in [0.2, 0.25) is 0 Å². The molecule has 0 N–H and O–H groups in total. The molecule has 0 spiro atoms. The van der Waals surface area contributed by atoms with Gasteiger partial charge in [0.05, 0.1) is 5.69 Å². The molecule has 10 aromatic rings. The van der Waals surface area contributed by atoms with E-state index >= 15 is 0 Å². The van der Waals surface area contributed by atoms with Crippen molar-refractivity contribution in [2.75, 3.05) is 9.80 Å². The molecular formula is C50H32N2O2. The van der Waals surface area contributed by atoms with E-state index in [1.54, 1.807) is 0 Å². The Balaban J connectivity index is 1.07. The average molecular weight is 693 g/mol. The molecule has 0 fully saturated rings. The lowest BCUT2D eigenvalue weighted by Gasteiger charge is -2.28. The van der Waals surface area contributed by atoms with E-state index in [1.807, 2.05) is 24.3 Å². The first kappa shape index (κ1) is 30.3. The number of rotatable bonds is 6. The summed E-state index contributed by atoms with van der Waals surface area (Å²) < 4.78 is 13.4. The van der Waals surface area contributed by atoms with Crippen molar-refractivity contribution in [1.82, 2.24) is 0 Å². The lowest BCUT2D eigenvalue weighted by Crippen LogP contribution is -2.10. The molecule has 0 radical (unpaired) electrons. The van der Waals surface area contributed by atoms with Crippen molar-refractivity contribution in [1.29, 1.82) is 0 Å². The molecule has 0 aliphatic carbocycles. The molecule has 0 bridgehead atoms. The fraction of sp³-hybridized carbons (Fsp3) is 0. The van der Waals surface area contributed by atoms with Gasteiger partial charge in [0.15, 0.2) is 5.58 Å². The maximum Gasteiger partial charge on any atom is 0.159 e. The molecule has 9 aromatic carbocycles. The van der Waals surface area contributed by atoms with Gasteiger partial charge in [-0.2, -0.15) is 0 Å². The Kier molecular flexibility index (Phi) is 6.82. The Hall–Kier alpha value is -7.30. The number of para-hydroxylation sites is 5. The van der Waals surface area contributed by atoms with Crippen LogP contribution in [0, 0.1) is 0 Å². The zero-order chi connectivity index (χ0) is 35.6. The highest BCUT2D eigenvalue weighted by Crippen LogP contribution is 2.51. The molecule has 0 atom stereocenters. The highest BCUT2D eigenvalue weighted by molar-refractivity contribution is 6.18. The van der Waals surface area contributed by atoms with Crippen LogP contribution in [-0.4, -0.2) is 0 Å². The van der Waals surface area contributed by atoms with Crippen molar-refractivity contribution in [2.24, 2.45) is 0 Å². The number of nitrogens with zero attached hydrogens (tertiary/aromatic N) is 2. The van der Waals surface area contributed by atoms with Gasteiger partial charge >= 0.3 is 0 Å². The normalized spacial score (nSPS) is 11.9. The quantitative estimate of drug-likeness (QED) is 0.162. The van der Waals surface area contributed by atoms with Crippen LogP contribution in [0.15, 0.2) is 199 Å². The molecule has 2 heterocycles. The summed E-state index contributed by atoms with van der Waals surface area (Å²) in [6.45, 7) is 0. The molecule has 11 rings (SSSR count). The third kappa shape index (κ3) is 4.78. The van der Waals surface area contributed by atoms with E-state index in [0.717, 1.165) is 89.3 Å². The minimum atomic E-state index is 0.842. The van der Waals surface area contributed by atoms with Crippen LogP contribution in [0.3, 0.4) is 0 Å². The Morgan fingerprint density at radius 1 is 0.352 bits per heavy atom. The smallest absolute Gasteiger partial charge is 0.159 e. The fourth-order valence-electron chi connectivity index (χ4n) is 8.19. The molecule has 254 valence electrons. The highest BCUT2D eigenvalue weighted by Gasteiger charge is 2.25. The van der Waals surface area contributed by atoms with Crippen molar-refractivity contribution in [2.45, 2.75) is 0 Å². The monoisotopic (exact) mass is 692 g/mol. The van der Waals surface area contributed by atoms with Gasteiger partial charge in [-0.15, -0.1) is 0 Å². The Bertz CT molecular complexity index is 2990. The summed E-state index contributed by atoms with van der Waals surface area (Å²) in [6.07, 6.45) is 0. The first-order valence-corrected chi connectivity index (χ1v) is 18.3. The summed E-state index contributed by atoms with van der Waals surface area (Å²) in [5.74, 6) is 1.70. The maximum absolute atomic E-state index is 6.80. The fourth-order valence-corrected chi connectivity index (χ4v) is 8.19. The van der Waals surface area contributed by atoms with E-state index < -0.39 is 0 Å². The van der Waals surface area contributed by atoms with Crippen molar-refractivity contribution in [3.05, 3.63) is 194 Å². The number of fused-ring (bicyclic) bond motifs is 7. The van der Waals surface area contributed by atoms with E-state index in [-0.39, 0.29) is 0 Å². The van der Waals surface area contributed by atoms with E-state index in [2.05, 4.69) is 180 Å². The van der Waals surface area contributed by atoms with Crippen LogP contribution < -0.4 is 14.5 Å². The van der Waals surface area contributed by atoms with Gasteiger partial charge in [-0.3, -0.25) is 0 Å². The van der Waals surface area contributed by atoms with Crippen LogP contribution in [0.2, 0.25) is 0 Å². The van der Waals surface area contributed by atoms with Crippen molar-refractivity contribution < 1.29 is 9.15 Å². The summed E-state index contributed by atoms with van der Waals surface area (Å²) in [5, 5.41) is 6.81. The number of anilines is 6. The van der Waals surface area contributed by atoms with Crippen LogP contribution in [0.5, 0.6) is 11.5 Å². The Labute approximate surface area is 312 Å². The molecule has 54 heavy (non-hydrogen) atoms.